The molecule has 1 nitrogen and oxygen atoms in total. The van der Waals surface area contributed by atoms with Gasteiger partial charge in [-0.15, -0.1) is 0 Å². The maximum atomic E-state index is 11.0. The lowest BCUT2D eigenvalue weighted by Gasteiger charge is -2.21. The second kappa shape index (κ2) is 9.76. The van der Waals surface area contributed by atoms with Crippen LogP contribution in [0.15, 0.2) is 0 Å². The van der Waals surface area contributed by atoms with Gasteiger partial charge in [-0.25, -0.2) is 0 Å². The third-order valence-electron chi connectivity index (χ3n) is 2.19. The van der Waals surface area contributed by atoms with Gasteiger partial charge >= 0.3 is 0 Å². The Kier molecular flexibility index (Phi) is 11.4. The van der Waals surface area contributed by atoms with Crippen molar-refractivity contribution in [1.82, 2.24) is 0 Å². The van der Waals surface area contributed by atoms with E-state index in [9.17, 15) is 4.79 Å². The van der Waals surface area contributed by atoms with Crippen LogP contribution in [0.3, 0.4) is 0 Å². The van der Waals surface area contributed by atoms with Crippen molar-refractivity contribution in [2.75, 3.05) is 0 Å². The molecule has 1 heteroatoms. The highest BCUT2D eigenvalue weighted by atomic mass is 16.1. The molecule has 0 aromatic rings. The Morgan fingerprint density at radius 2 is 1.46 bits per heavy atom. The molecule has 1 saturated carbocycles. The largest absolute Gasteiger partial charge is 0.299 e. The molecule has 13 heavy (non-hydrogen) atoms. The highest BCUT2D eigenvalue weighted by molar-refractivity contribution is 5.81. The number of rotatable bonds is 0. The second-order valence-corrected chi connectivity index (χ2v) is 3.25. The van der Waals surface area contributed by atoms with Crippen LogP contribution in [0.5, 0.6) is 0 Å². The standard InChI is InChI=1S/C8H14O.2C2H6/c1-6-3-4-7(2)8(9)5-6;2*1-2/h6-7H,3-5H2,1-2H3;2*1-2H3. The maximum absolute atomic E-state index is 11.0. The Morgan fingerprint density at radius 1 is 1.00 bits per heavy atom. The summed E-state index contributed by atoms with van der Waals surface area (Å²) in [5, 5.41) is 0. The quantitative estimate of drug-likeness (QED) is 0.557. The Hall–Kier alpha value is -0.330. The molecule has 0 aliphatic heterocycles. The third kappa shape index (κ3) is 6.80. The van der Waals surface area contributed by atoms with Gasteiger partial charge in [-0.3, -0.25) is 4.79 Å². The molecular weight excluding hydrogens is 160 g/mol. The number of Topliss-reactive ketones (excluding diaryl/α,β-unsaturated/α-hetero) is 1. The average Bonchev–Trinajstić information content (AvgIpc) is 2.18. The highest BCUT2D eigenvalue weighted by Gasteiger charge is 2.21. The Bertz CT molecular complexity index is 118. The maximum Gasteiger partial charge on any atom is 0.135 e. The summed E-state index contributed by atoms with van der Waals surface area (Å²) in [5.74, 6) is 1.46. The van der Waals surface area contributed by atoms with Gasteiger partial charge in [0.05, 0.1) is 0 Å². The normalized spacial score (nSPS) is 26.5. The van der Waals surface area contributed by atoms with Crippen LogP contribution in [0.4, 0.5) is 0 Å². The monoisotopic (exact) mass is 186 g/mol. The summed E-state index contributed by atoms with van der Waals surface area (Å²) in [6, 6.07) is 0. The first-order valence-electron chi connectivity index (χ1n) is 5.73. The molecular formula is C12H26O. The Balaban J connectivity index is 0. The zero-order chi connectivity index (χ0) is 10.9. The number of ketones is 1. The number of hydrogen-bond acceptors (Lipinski definition) is 1. The van der Waals surface area contributed by atoms with Gasteiger partial charge in [-0.1, -0.05) is 41.5 Å². The summed E-state index contributed by atoms with van der Waals surface area (Å²) in [7, 11) is 0. The molecule has 0 heterocycles. The van der Waals surface area contributed by atoms with E-state index in [1.807, 2.05) is 34.6 Å². The molecule has 1 rings (SSSR count). The van der Waals surface area contributed by atoms with Crippen LogP contribution in [0.1, 0.15) is 60.8 Å². The molecule has 80 valence electrons. The summed E-state index contributed by atoms with van der Waals surface area (Å²) in [6.07, 6.45) is 3.17. The van der Waals surface area contributed by atoms with Gasteiger partial charge in [-0.05, 0) is 18.8 Å². The Labute approximate surface area is 83.9 Å². The molecule has 0 amide bonds. The van der Waals surface area contributed by atoms with E-state index in [0.717, 1.165) is 12.8 Å². The predicted octanol–water partition coefficient (Wildman–Crippen LogP) is 4.06. The minimum absolute atomic E-state index is 0.348. The van der Waals surface area contributed by atoms with Crippen molar-refractivity contribution in [3.63, 3.8) is 0 Å². The summed E-state index contributed by atoms with van der Waals surface area (Å²) in [5.41, 5.74) is 0. The van der Waals surface area contributed by atoms with Gasteiger partial charge in [0.25, 0.3) is 0 Å². The van der Waals surface area contributed by atoms with E-state index < -0.39 is 0 Å². The Morgan fingerprint density at radius 3 is 1.77 bits per heavy atom. The molecule has 2 unspecified atom stereocenters. The van der Waals surface area contributed by atoms with E-state index in [1.165, 1.54) is 6.42 Å². The summed E-state index contributed by atoms with van der Waals surface area (Å²) in [4.78, 5) is 11.0. The van der Waals surface area contributed by atoms with Crippen molar-refractivity contribution in [2.24, 2.45) is 11.8 Å². The fraction of sp³-hybridized carbons (Fsp3) is 0.917. The molecule has 0 bridgehead atoms. The van der Waals surface area contributed by atoms with Gasteiger partial charge in [0.1, 0.15) is 5.78 Å². The molecule has 0 N–H and O–H groups in total. The van der Waals surface area contributed by atoms with Gasteiger partial charge < -0.3 is 0 Å². The molecule has 0 aromatic carbocycles. The van der Waals surface area contributed by atoms with Crippen molar-refractivity contribution >= 4 is 5.78 Å². The minimum atomic E-state index is 0.348. The predicted molar refractivity (Wildman–Crippen MR) is 59.9 cm³/mol. The van der Waals surface area contributed by atoms with Crippen molar-refractivity contribution in [3.8, 4) is 0 Å². The minimum Gasteiger partial charge on any atom is -0.299 e. The fourth-order valence-corrected chi connectivity index (χ4v) is 1.34. The molecule has 1 fully saturated rings. The van der Waals surface area contributed by atoms with E-state index >= 15 is 0 Å². The number of hydrogen-bond donors (Lipinski definition) is 0. The molecule has 1 aliphatic carbocycles. The van der Waals surface area contributed by atoms with Crippen LogP contribution in [0.2, 0.25) is 0 Å². The van der Waals surface area contributed by atoms with Crippen LogP contribution in [-0.2, 0) is 4.79 Å². The van der Waals surface area contributed by atoms with Crippen LogP contribution in [-0.4, -0.2) is 5.78 Å². The molecule has 0 spiro atoms. The van der Waals surface area contributed by atoms with Crippen molar-refractivity contribution < 1.29 is 4.79 Å². The zero-order valence-corrected chi connectivity index (χ0v) is 10.2. The van der Waals surface area contributed by atoms with Gasteiger partial charge in [0.15, 0.2) is 0 Å². The van der Waals surface area contributed by atoms with E-state index in [0.29, 0.717) is 17.6 Å². The average molecular weight is 186 g/mol. The van der Waals surface area contributed by atoms with E-state index in [1.54, 1.807) is 0 Å². The van der Waals surface area contributed by atoms with Crippen molar-refractivity contribution in [1.29, 1.82) is 0 Å². The van der Waals surface area contributed by atoms with Gasteiger partial charge in [0.2, 0.25) is 0 Å². The molecule has 0 radical (unpaired) electrons. The highest BCUT2D eigenvalue weighted by Crippen LogP contribution is 2.24. The first-order valence-corrected chi connectivity index (χ1v) is 5.73. The SMILES string of the molecule is CC.CC.CC1CCC(C)C(=O)C1. The smallest absolute Gasteiger partial charge is 0.135 e. The lowest BCUT2D eigenvalue weighted by molar-refractivity contribution is -0.125. The number of carbonyl (C=O) groups excluding carboxylic acids is 1. The van der Waals surface area contributed by atoms with Crippen molar-refractivity contribution in [3.05, 3.63) is 0 Å². The van der Waals surface area contributed by atoms with Gasteiger partial charge in [0, 0.05) is 12.3 Å². The molecule has 2 atom stereocenters. The summed E-state index contributed by atoms with van der Waals surface area (Å²) < 4.78 is 0. The third-order valence-corrected chi connectivity index (χ3v) is 2.19. The number of carbonyl (C=O) groups is 1. The second-order valence-electron chi connectivity index (χ2n) is 3.25. The topological polar surface area (TPSA) is 17.1 Å². The van der Waals surface area contributed by atoms with E-state index in [4.69, 9.17) is 0 Å². The van der Waals surface area contributed by atoms with Crippen LogP contribution >= 0.6 is 0 Å². The lowest BCUT2D eigenvalue weighted by atomic mass is 9.83. The van der Waals surface area contributed by atoms with Crippen molar-refractivity contribution in [2.45, 2.75) is 60.8 Å². The lowest BCUT2D eigenvalue weighted by Crippen LogP contribution is -2.20. The summed E-state index contributed by atoms with van der Waals surface area (Å²) in [6.45, 7) is 12.2. The molecule has 1 aliphatic rings. The van der Waals surface area contributed by atoms with E-state index in [2.05, 4.69) is 6.92 Å². The molecule has 0 aromatic heterocycles. The van der Waals surface area contributed by atoms with Crippen LogP contribution in [0, 0.1) is 11.8 Å². The van der Waals surface area contributed by atoms with E-state index in [-0.39, 0.29) is 0 Å². The first kappa shape index (κ1) is 15.2. The van der Waals surface area contributed by atoms with Gasteiger partial charge in [-0.2, -0.15) is 0 Å². The van der Waals surface area contributed by atoms with Crippen LogP contribution < -0.4 is 0 Å². The first-order chi connectivity index (χ1) is 6.20. The fourth-order valence-electron chi connectivity index (χ4n) is 1.34. The van der Waals surface area contributed by atoms with Crippen LogP contribution in [0.25, 0.3) is 0 Å². The summed E-state index contributed by atoms with van der Waals surface area (Å²) >= 11 is 0. The zero-order valence-electron chi connectivity index (χ0n) is 10.2. The molecule has 0 saturated heterocycles.